The number of aromatic nitrogens is 1. The number of halogens is 3. The highest BCUT2D eigenvalue weighted by Gasteiger charge is 2.31. The summed E-state index contributed by atoms with van der Waals surface area (Å²) in [7, 11) is 0. The quantitative estimate of drug-likeness (QED) is 0.910. The van der Waals surface area contributed by atoms with Crippen molar-refractivity contribution in [3.63, 3.8) is 0 Å². The molecule has 2 aromatic rings. The molecule has 3 N–H and O–H groups in total. The number of aromatic carboxylic acids is 1. The highest BCUT2D eigenvalue weighted by Crippen LogP contribution is 2.28. The van der Waals surface area contributed by atoms with Gasteiger partial charge in [-0.05, 0) is 23.8 Å². The van der Waals surface area contributed by atoms with E-state index in [1.807, 2.05) is 0 Å². The Labute approximate surface area is 116 Å². The van der Waals surface area contributed by atoms with Crippen molar-refractivity contribution in [3.05, 3.63) is 42.1 Å². The zero-order valence-corrected chi connectivity index (χ0v) is 10.4. The minimum atomic E-state index is -4.80. The Hall–Kier alpha value is -2.77. The van der Waals surface area contributed by atoms with Crippen LogP contribution < -0.4 is 10.5 Å². The number of nitrogens with two attached hydrogens (primary N) is 1. The number of benzene rings is 1. The molecule has 21 heavy (non-hydrogen) atoms. The first-order valence-corrected chi connectivity index (χ1v) is 5.61. The van der Waals surface area contributed by atoms with Gasteiger partial charge in [0.25, 0.3) is 0 Å². The fourth-order valence-corrected chi connectivity index (χ4v) is 1.68. The standard InChI is InChI=1S/C13H9F3N2O3/c14-13(15,16)21-9-3-1-2-7(4-9)8-5-10(12(19)20)11(17)18-6-8/h1-6H,(H2,17,18)(H,19,20). The average Bonchev–Trinajstić information content (AvgIpc) is 2.37. The third kappa shape index (κ3) is 3.62. The Morgan fingerprint density at radius 1 is 1.24 bits per heavy atom. The number of pyridine rings is 1. The monoisotopic (exact) mass is 298 g/mol. The van der Waals surface area contributed by atoms with Gasteiger partial charge in [0.1, 0.15) is 17.1 Å². The van der Waals surface area contributed by atoms with Crippen LogP contribution >= 0.6 is 0 Å². The number of anilines is 1. The van der Waals surface area contributed by atoms with E-state index in [1.165, 1.54) is 24.4 Å². The van der Waals surface area contributed by atoms with E-state index in [-0.39, 0.29) is 11.4 Å². The van der Waals surface area contributed by atoms with Crippen molar-refractivity contribution < 1.29 is 27.8 Å². The molecule has 0 fully saturated rings. The Morgan fingerprint density at radius 3 is 2.57 bits per heavy atom. The molecule has 0 spiro atoms. The van der Waals surface area contributed by atoms with E-state index in [9.17, 15) is 18.0 Å². The van der Waals surface area contributed by atoms with E-state index in [2.05, 4.69) is 9.72 Å². The number of nitrogen functional groups attached to an aromatic ring is 1. The van der Waals surface area contributed by atoms with E-state index < -0.39 is 18.1 Å². The lowest BCUT2D eigenvalue weighted by atomic mass is 10.1. The van der Waals surface area contributed by atoms with Crippen LogP contribution in [0.15, 0.2) is 36.5 Å². The number of ether oxygens (including phenoxy) is 1. The molecule has 0 unspecified atom stereocenters. The molecular formula is C13H9F3N2O3. The molecule has 1 aromatic heterocycles. The molecule has 0 atom stereocenters. The van der Waals surface area contributed by atoms with Gasteiger partial charge in [0, 0.05) is 11.8 Å². The third-order valence-corrected chi connectivity index (χ3v) is 2.55. The van der Waals surface area contributed by atoms with Crippen molar-refractivity contribution in [1.82, 2.24) is 4.98 Å². The van der Waals surface area contributed by atoms with Gasteiger partial charge in [-0.15, -0.1) is 13.2 Å². The maximum absolute atomic E-state index is 12.2. The minimum Gasteiger partial charge on any atom is -0.478 e. The topological polar surface area (TPSA) is 85.4 Å². The molecule has 1 heterocycles. The van der Waals surface area contributed by atoms with Crippen LogP contribution in [0.4, 0.5) is 19.0 Å². The zero-order chi connectivity index (χ0) is 15.6. The Balaban J connectivity index is 2.41. The van der Waals surface area contributed by atoms with E-state index in [0.717, 1.165) is 12.1 Å². The van der Waals surface area contributed by atoms with Gasteiger partial charge in [-0.25, -0.2) is 9.78 Å². The van der Waals surface area contributed by atoms with Gasteiger partial charge >= 0.3 is 12.3 Å². The lowest BCUT2D eigenvalue weighted by Gasteiger charge is -2.10. The van der Waals surface area contributed by atoms with Crippen LogP contribution in [0.1, 0.15) is 10.4 Å². The van der Waals surface area contributed by atoms with E-state index in [4.69, 9.17) is 10.8 Å². The van der Waals surface area contributed by atoms with E-state index in [1.54, 1.807) is 0 Å². The van der Waals surface area contributed by atoms with Gasteiger partial charge in [0.2, 0.25) is 0 Å². The summed E-state index contributed by atoms with van der Waals surface area (Å²) < 4.78 is 40.3. The molecule has 8 heteroatoms. The van der Waals surface area contributed by atoms with E-state index >= 15 is 0 Å². The second kappa shape index (κ2) is 5.31. The summed E-state index contributed by atoms with van der Waals surface area (Å²) in [5.41, 5.74) is 5.83. The smallest absolute Gasteiger partial charge is 0.478 e. The first-order valence-electron chi connectivity index (χ1n) is 5.61. The fourth-order valence-electron chi connectivity index (χ4n) is 1.68. The number of hydrogen-bond acceptors (Lipinski definition) is 4. The highest BCUT2D eigenvalue weighted by molar-refractivity contribution is 5.94. The molecule has 5 nitrogen and oxygen atoms in total. The van der Waals surface area contributed by atoms with Gasteiger partial charge in [-0.1, -0.05) is 12.1 Å². The molecule has 0 radical (unpaired) electrons. The molecular weight excluding hydrogens is 289 g/mol. The molecule has 2 rings (SSSR count). The Kier molecular flexibility index (Phi) is 3.70. The van der Waals surface area contributed by atoms with Crippen LogP contribution in [-0.4, -0.2) is 22.4 Å². The maximum atomic E-state index is 12.2. The SMILES string of the molecule is Nc1ncc(-c2cccc(OC(F)(F)F)c2)cc1C(=O)O. The summed E-state index contributed by atoms with van der Waals surface area (Å²) in [5, 5.41) is 8.95. The van der Waals surface area contributed by atoms with Gasteiger partial charge in [0.05, 0.1) is 0 Å². The Morgan fingerprint density at radius 2 is 1.95 bits per heavy atom. The number of rotatable bonds is 3. The van der Waals surface area contributed by atoms with Crippen molar-refractivity contribution in [1.29, 1.82) is 0 Å². The molecule has 0 amide bonds. The first-order chi connectivity index (χ1) is 9.76. The molecule has 0 saturated heterocycles. The summed E-state index contributed by atoms with van der Waals surface area (Å²) >= 11 is 0. The van der Waals surface area contributed by atoms with Crippen LogP contribution in [0.5, 0.6) is 5.75 Å². The first kappa shape index (κ1) is 14.6. The predicted molar refractivity (Wildman–Crippen MR) is 67.7 cm³/mol. The van der Waals surface area contributed by atoms with Gasteiger partial charge in [0.15, 0.2) is 0 Å². The fraction of sp³-hybridized carbons (Fsp3) is 0.0769. The normalized spacial score (nSPS) is 11.2. The largest absolute Gasteiger partial charge is 0.573 e. The number of carboxylic acid groups (broad SMARTS) is 1. The van der Waals surface area contributed by atoms with Crippen molar-refractivity contribution in [3.8, 4) is 16.9 Å². The number of carboxylic acids is 1. The number of hydrogen-bond donors (Lipinski definition) is 2. The zero-order valence-electron chi connectivity index (χ0n) is 10.4. The van der Waals surface area contributed by atoms with Crippen molar-refractivity contribution in [2.75, 3.05) is 5.73 Å². The number of nitrogens with zero attached hydrogens (tertiary/aromatic N) is 1. The number of carbonyl (C=O) groups is 1. The van der Waals surface area contributed by atoms with Gasteiger partial charge < -0.3 is 15.6 Å². The average molecular weight is 298 g/mol. The van der Waals surface area contributed by atoms with Crippen LogP contribution in [0.2, 0.25) is 0 Å². The van der Waals surface area contributed by atoms with E-state index in [0.29, 0.717) is 11.1 Å². The predicted octanol–water partition coefficient (Wildman–Crippen LogP) is 2.93. The number of alkyl halides is 3. The van der Waals surface area contributed by atoms with Crippen molar-refractivity contribution in [2.24, 2.45) is 0 Å². The van der Waals surface area contributed by atoms with Crippen molar-refractivity contribution >= 4 is 11.8 Å². The molecule has 0 saturated carbocycles. The lowest BCUT2D eigenvalue weighted by molar-refractivity contribution is -0.274. The van der Waals surface area contributed by atoms with Crippen LogP contribution in [0, 0.1) is 0 Å². The van der Waals surface area contributed by atoms with Crippen LogP contribution in [0.3, 0.4) is 0 Å². The summed E-state index contributed by atoms with van der Waals surface area (Å²) in [6.45, 7) is 0. The van der Waals surface area contributed by atoms with Crippen molar-refractivity contribution in [2.45, 2.75) is 6.36 Å². The highest BCUT2D eigenvalue weighted by atomic mass is 19.4. The van der Waals surface area contributed by atoms with Crippen LogP contribution in [0.25, 0.3) is 11.1 Å². The molecule has 0 aliphatic rings. The van der Waals surface area contributed by atoms with Crippen LogP contribution in [-0.2, 0) is 0 Å². The second-order valence-corrected chi connectivity index (χ2v) is 4.04. The summed E-state index contributed by atoms with van der Waals surface area (Å²) in [4.78, 5) is 14.7. The molecule has 0 bridgehead atoms. The summed E-state index contributed by atoms with van der Waals surface area (Å²) in [5.74, 6) is -1.85. The second-order valence-electron chi connectivity index (χ2n) is 4.04. The molecule has 0 aliphatic heterocycles. The molecule has 1 aromatic carbocycles. The molecule has 110 valence electrons. The summed E-state index contributed by atoms with van der Waals surface area (Å²) in [6.07, 6.45) is -3.53. The van der Waals surface area contributed by atoms with Gasteiger partial charge in [-0.3, -0.25) is 0 Å². The minimum absolute atomic E-state index is 0.172. The summed E-state index contributed by atoms with van der Waals surface area (Å²) in [6, 6.07) is 6.36. The third-order valence-electron chi connectivity index (χ3n) is 2.55. The van der Waals surface area contributed by atoms with Gasteiger partial charge in [-0.2, -0.15) is 0 Å². The Bertz CT molecular complexity index is 687. The lowest BCUT2D eigenvalue weighted by Crippen LogP contribution is -2.17. The maximum Gasteiger partial charge on any atom is 0.573 e. The molecule has 0 aliphatic carbocycles.